The Kier molecular flexibility index (Phi) is 8.16. The Hall–Kier alpha value is -4.50. The molecule has 8 nitrogen and oxygen atoms in total. The predicted molar refractivity (Wildman–Crippen MR) is 163 cm³/mol. The van der Waals surface area contributed by atoms with Crippen LogP contribution in [0.25, 0.3) is 5.69 Å². The van der Waals surface area contributed by atoms with E-state index in [2.05, 4.69) is 38.1 Å². The highest BCUT2D eigenvalue weighted by Gasteiger charge is 2.41. The van der Waals surface area contributed by atoms with Gasteiger partial charge in [-0.15, -0.1) is 0 Å². The maximum absolute atomic E-state index is 12.9. The van der Waals surface area contributed by atoms with Crippen LogP contribution in [-0.4, -0.2) is 45.1 Å². The third kappa shape index (κ3) is 5.85. The zero-order chi connectivity index (χ0) is 29.1. The minimum Gasteiger partial charge on any atom is -0.465 e. The Morgan fingerprint density at radius 1 is 1.02 bits per heavy atom. The molecular formula is C32H33N5O3S. The minimum absolute atomic E-state index is 0.0801. The molecule has 2 aromatic heterocycles. The summed E-state index contributed by atoms with van der Waals surface area (Å²) in [6.07, 6.45) is 2.04. The second-order valence-electron chi connectivity index (χ2n) is 10.2. The number of methoxy groups -OCH3 is 1. The van der Waals surface area contributed by atoms with Crippen LogP contribution in [0, 0.1) is 20.8 Å². The van der Waals surface area contributed by atoms with Gasteiger partial charge in [0.25, 0.3) is 0 Å². The molecule has 210 valence electrons. The number of carbonyl (C=O) groups excluding carboxylic acids is 2. The molecule has 2 N–H and O–H groups in total. The number of benzene rings is 2. The highest BCUT2D eigenvalue weighted by atomic mass is 32.1. The number of nitrogens with zero attached hydrogens (tertiary/aromatic N) is 3. The van der Waals surface area contributed by atoms with Crippen LogP contribution < -0.4 is 10.6 Å². The van der Waals surface area contributed by atoms with Gasteiger partial charge in [0.1, 0.15) is 0 Å². The van der Waals surface area contributed by atoms with Gasteiger partial charge in [-0.25, -0.2) is 4.79 Å². The number of hydrogen-bond donors (Lipinski definition) is 2. The van der Waals surface area contributed by atoms with Crippen LogP contribution in [0.4, 0.5) is 5.69 Å². The average Bonchev–Trinajstić information content (AvgIpc) is 3.45. The predicted octanol–water partition coefficient (Wildman–Crippen LogP) is 5.59. The number of ether oxygens (including phenoxy) is 1. The average molecular weight is 568 g/mol. The van der Waals surface area contributed by atoms with Gasteiger partial charge >= 0.3 is 5.97 Å². The molecule has 1 fully saturated rings. The summed E-state index contributed by atoms with van der Waals surface area (Å²) in [6, 6.07) is 22.7. The quantitative estimate of drug-likeness (QED) is 0.212. The van der Waals surface area contributed by atoms with Crippen LogP contribution in [0.1, 0.15) is 57.1 Å². The van der Waals surface area contributed by atoms with Gasteiger partial charge in [-0.2, -0.15) is 0 Å². The zero-order valence-corrected chi connectivity index (χ0v) is 24.4. The number of aromatic nitrogens is 2. The molecular weight excluding hydrogens is 534 g/mol. The molecule has 2 atom stereocenters. The summed E-state index contributed by atoms with van der Waals surface area (Å²) in [5, 5.41) is 7.05. The van der Waals surface area contributed by atoms with Gasteiger partial charge in [-0.3, -0.25) is 9.78 Å². The number of amides is 1. The fourth-order valence-electron chi connectivity index (χ4n) is 5.53. The molecule has 1 amide bonds. The van der Waals surface area contributed by atoms with Crippen LogP contribution in [0.3, 0.4) is 0 Å². The minimum atomic E-state index is -0.384. The molecule has 1 saturated heterocycles. The summed E-state index contributed by atoms with van der Waals surface area (Å²) < 4.78 is 7.06. The Morgan fingerprint density at radius 2 is 1.83 bits per heavy atom. The molecule has 4 aromatic rings. The van der Waals surface area contributed by atoms with Crippen molar-refractivity contribution in [2.24, 2.45) is 0 Å². The highest BCUT2D eigenvalue weighted by molar-refractivity contribution is 7.80. The number of carbonyl (C=O) groups is 2. The standard InChI is InChI=1S/C32H33N5O3S/c1-20-9-7-11-24(17-20)34-28(38)14-16-36-30(29(35-32(36)41)27-13-5-6-15-33-27)26-18-21(2)37(22(26)3)25-12-8-10-23(19-25)31(39)40-4/h5-13,15,17-19,29-30H,14,16H2,1-4H3,(H,34,38)(H,35,41). The first-order chi connectivity index (χ1) is 19.8. The molecule has 2 aromatic carbocycles. The molecule has 0 bridgehead atoms. The third-order valence-electron chi connectivity index (χ3n) is 7.39. The lowest BCUT2D eigenvalue weighted by Crippen LogP contribution is -2.32. The van der Waals surface area contributed by atoms with Gasteiger partial charge in [0.15, 0.2) is 5.11 Å². The number of anilines is 1. The fourth-order valence-corrected chi connectivity index (χ4v) is 5.86. The van der Waals surface area contributed by atoms with Crippen LogP contribution >= 0.6 is 12.2 Å². The highest BCUT2D eigenvalue weighted by Crippen LogP contribution is 2.41. The number of rotatable bonds is 8. The molecule has 2 unspecified atom stereocenters. The van der Waals surface area contributed by atoms with Crippen molar-refractivity contribution in [2.45, 2.75) is 39.3 Å². The Labute approximate surface area is 245 Å². The molecule has 5 rings (SSSR count). The van der Waals surface area contributed by atoms with E-state index < -0.39 is 0 Å². The number of thiocarbonyl (C=S) groups is 1. The van der Waals surface area contributed by atoms with Crippen LogP contribution in [-0.2, 0) is 9.53 Å². The van der Waals surface area contributed by atoms with E-state index in [9.17, 15) is 9.59 Å². The second-order valence-corrected chi connectivity index (χ2v) is 10.6. The van der Waals surface area contributed by atoms with Crippen molar-refractivity contribution in [3.63, 3.8) is 0 Å². The van der Waals surface area contributed by atoms with E-state index in [4.69, 9.17) is 17.0 Å². The summed E-state index contributed by atoms with van der Waals surface area (Å²) >= 11 is 5.83. The summed E-state index contributed by atoms with van der Waals surface area (Å²) in [6.45, 7) is 6.53. The van der Waals surface area contributed by atoms with E-state index in [1.165, 1.54) is 7.11 Å². The van der Waals surface area contributed by atoms with Crippen LogP contribution in [0.15, 0.2) is 79.0 Å². The van der Waals surface area contributed by atoms with Crippen LogP contribution in [0.5, 0.6) is 0 Å². The molecule has 3 heterocycles. The van der Waals surface area contributed by atoms with E-state index in [0.29, 0.717) is 17.2 Å². The number of nitrogens with one attached hydrogen (secondary N) is 2. The van der Waals surface area contributed by atoms with Crippen molar-refractivity contribution in [1.29, 1.82) is 0 Å². The summed E-state index contributed by atoms with van der Waals surface area (Å²) in [5.74, 6) is -0.464. The Morgan fingerprint density at radius 3 is 2.56 bits per heavy atom. The van der Waals surface area contributed by atoms with Gasteiger partial charge in [-0.1, -0.05) is 24.3 Å². The molecule has 41 heavy (non-hydrogen) atoms. The van der Waals surface area contributed by atoms with Gasteiger partial charge in [0.2, 0.25) is 5.91 Å². The van der Waals surface area contributed by atoms with Crippen LogP contribution in [0.2, 0.25) is 0 Å². The maximum atomic E-state index is 12.9. The number of pyridine rings is 1. The van der Waals surface area contributed by atoms with Crippen molar-refractivity contribution in [3.05, 3.63) is 113 Å². The topological polar surface area (TPSA) is 88.5 Å². The van der Waals surface area contributed by atoms with E-state index in [0.717, 1.165) is 39.6 Å². The third-order valence-corrected chi connectivity index (χ3v) is 7.75. The molecule has 0 radical (unpaired) electrons. The second kappa shape index (κ2) is 11.9. The molecule has 0 saturated carbocycles. The van der Waals surface area contributed by atoms with Crippen molar-refractivity contribution in [1.82, 2.24) is 19.8 Å². The number of esters is 1. The SMILES string of the molecule is COC(=O)c1cccc(-n2c(C)cc(C3C(c4ccccn4)NC(=S)N3CCC(=O)Nc3cccc(C)c3)c2C)c1. The normalized spacial score (nSPS) is 16.4. The van der Waals surface area contributed by atoms with Gasteiger partial charge in [-0.05, 0) is 92.6 Å². The first kappa shape index (κ1) is 28.0. The van der Waals surface area contributed by atoms with E-state index in [1.807, 2.05) is 74.5 Å². The lowest BCUT2D eigenvalue weighted by atomic mass is 9.96. The maximum Gasteiger partial charge on any atom is 0.337 e. The first-order valence-corrected chi connectivity index (χ1v) is 13.9. The van der Waals surface area contributed by atoms with E-state index in [-0.39, 0.29) is 30.4 Å². The molecule has 9 heteroatoms. The summed E-state index contributed by atoms with van der Waals surface area (Å²) in [7, 11) is 1.38. The fraction of sp³-hybridized carbons (Fsp3) is 0.250. The van der Waals surface area contributed by atoms with E-state index in [1.54, 1.807) is 12.3 Å². The Balaban J connectivity index is 1.48. The molecule has 1 aliphatic rings. The summed E-state index contributed by atoms with van der Waals surface area (Å²) in [4.78, 5) is 31.9. The molecule has 1 aliphatic heterocycles. The number of hydrogen-bond acceptors (Lipinski definition) is 5. The van der Waals surface area contributed by atoms with Crippen molar-refractivity contribution < 1.29 is 14.3 Å². The smallest absolute Gasteiger partial charge is 0.337 e. The monoisotopic (exact) mass is 567 g/mol. The van der Waals surface area contributed by atoms with E-state index >= 15 is 0 Å². The van der Waals surface area contributed by atoms with Gasteiger partial charge in [0, 0.05) is 41.9 Å². The lowest BCUT2D eigenvalue weighted by Gasteiger charge is -2.28. The van der Waals surface area contributed by atoms with Gasteiger partial charge in [0.05, 0.1) is 30.5 Å². The molecule has 0 spiro atoms. The Bertz CT molecular complexity index is 1600. The number of aryl methyl sites for hydroxylation is 2. The van der Waals surface area contributed by atoms with Gasteiger partial charge < -0.3 is 24.8 Å². The summed E-state index contributed by atoms with van der Waals surface area (Å²) in [5.41, 5.74) is 7.15. The van der Waals surface area contributed by atoms with Crippen molar-refractivity contribution in [2.75, 3.05) is 19.0 Å². The lowest BCUT2D eigenvalue weighted by molar-refractivity contribution is -0.116. The van der Waals surface area contributed by atoms with Crippen molar-refractivity contribution in [3.8, 4) is 5.69 Å². The largest absolute Gasteiger partial charge is 0.465 e. The van der Waals surface area contributed by atoms with Crippen molar-refractivity contribution >= 4 is 34.9 Å². The zero-order valence-electron chi connectivity index (χ0n) is 23.5. The first-order valence-electron chi connectivity index (χ1n) is 13.5. The molecule has 0 aliphatic carbocycles.